The highest BCUT2D eigenvalue weighted by atomic mass is 32.1. The Morgan fingerprint density at radius 1 is 1.25 bits per heavy atom. The second-order valence-electron chi connectivity index (χ2n) is 3.43. The summed E-state index contributed by atoms with van der Waals surface area (Å²) >= 11 is 6.60. The van der Waals surface area contributed by atoms with Gasteiger partial charge in [-0.05, 0) is 46.7 Å². The number of thiophene rings is 1. The lowest BCUT2D eigenvalue weighted by atomic mass is 10.2. The molecular weight excluding hydrogens is 236 g/mol. The molecule has 0 spiro atoms. The highest BCUT2D eigenvalue weighted by Crippen LogP contribution is 2.12. The fourth-order valence-corrected chi connectivity index (χ4v) is 2.15. The summed E-state index contributed by atoms with van der Waals surface area (Å²) in [6, 6.07) is 9.94. The fourth-order valence-electron chi connectivity index (χ4n) is 1.35. The summed E-state index contributed by atoms with van der Waals surface area (Å²) in [5, 5.41) is 7.55. The summed E-state index contributed by atoms with van der Waals surface area (Å²) in [5.74, 6) is 0. The molecule has 2 nitrogen and oxygen atoms in total. The molecule has 1 aromatic heterocycles. The number of hydrogen-bond acceptors (Lipinski definition) is 3. The molecule has 2 aromatic rings. The number of anilines is 1. The first-order valence-corrected chi connectivity index (χ1v) is 6.25. The van der Waals surface area contributed by atoms with Crippen LogP contribution in [0, 0.1) is 0 Å². The molecule has 16 heavy (non-hydrogen) atoms. The van der Waals surface area contributed by atoms with Crippen molar-refractivity contribution in [2.45, 2.75) is 6.54 Å². The summed E-state index contributed by atoms with van der Waals surface area (Å²) in [4.78, 5) is 0.435. The molecule has 0 saturated heterocycles. The molecule has 0 aliphatic rings. The van der Waals surface area contributed by atoms with Gasteiger partial charge in [-0.25, -0.2) is 0 Å². The quantitative estimate of drug-likeness (QED) is 0.817. The van der Waals surface area contributed by atoms with Crippen LogP contribution in [0.15, 0.2) is 41.1 Å². The Bertz CT molecular complexity index is 460. The average molecular weight is 248 g/mol. The number of nitrogens with two attached hydrogens (primary N) is 1. The van der Waals surface area contributed by atoms with E-state index in [0.29, 0.717) is 4.99 Å². The molecule has 0 atom stereocenters. The highest BCUT2D eigenvalue weighted by Gasteiger charge is 1.97. The number of nitrogens with one attached hydrogen (secondary N) is 1. The predicted octanol–water partition coefficient (Wildman–Crippen LogP) is 2.99. The summed E-state index contributed by atoms with van der Waals surface area (Å²) in [6.07, 6.45) is 0. The van der Waals surface area contributed by atoms with Crippen molar-refractivity contribution < 1.29 is 0 Å². The van der Waals surface area contributed by atoms with Gasteiger partial charge in [-0.2, -0.15) is 11.3 Å². The first-order valence-electron chi connectivity index (χ1n) is 4.90. The molecule has 0 aliphatic carbocycles. The van der Waals surface area contributed by atoms with Crippen molar-refractivity contribution in [3.05, 3.63) is 52.2 Å². The van der Waals surface area contributed by atoms with Gasteiger partial charge in [-0.3, -0.25) is 0 Å². The SMILES string of the molecule is NC(=S)c1ccc(NCc2ccsc2)cc1. The molecule has 4 heteroatoms. The third kappa shape index (κ3) is 2.81. The van der Waals surface area contributed by atoms with E-state index in [2.05, 4.69) is 22.1 Å². The lowest BCUT2D eigenvalue weighted by Crippen LogP contribution is -2.09. The Kier molecular flexibility index (Phi) is 3.54. The lowest BCUT2D eigenvalue weighted by Gasteiger charge is -2.05. The van der Waals surface area contributed by atoms with Crippen LogP contribution >= 0.6 is 23.6 Å². The van der Waals surface area contributed by atoms with Gasteiger partial charge in [-0.15, -0.1) is 0 Å². The van der Waals surface area contributed by atoms with E-state index in [4.69, 9.17) is 18.0 Å². The summed E-state index contributed by atoms with van der Waals surface area (Å²) in [7, 11) is 0. The minimum absolute atomic E-state index is 0.435. The molecule has 1 heterocycles. The number of hydrogen-bond donors (Lipinski definition) is 2. The number of thiocarbonyl (C=S) groups is 1. The van der Waals surface area contributed by atoms with Crippen LogP contribution in [0.4, 0.5) is 5.69 Å². The first-order chi connectivity index (χ1) is 7.75. The minimum atomic E-state index is 0.435. The van der Waals surface area contributed by atoms with Crippen molar-refractivity contribution >= 4 is 34.2 Å². The molecule has 0 unspecified atom stereocenters. The van der Waals surface area contributed by atoms with Gasteiger partial charge < -0.3 is 11.1 Å². The van der Waals surface area contributed by atoms with Gasteiger partial charge >= 0.3 is 0 Å². The predicted molar refractivity (Wildman–Crippen MR) is 74.0 cm³/mol. The summed E-state index contributed by atoms with van der Waals surface area (Å²) in [6.45, 7) is 0.843. The van der Waals surface area contributed by atoms with Crippen LogP contribution in [0.5, 0.6) is 0 Å². The van der Waals surface area contributed by atoms with Crippen LogP contribution in [0.25, 0.3) is 0 Å². The van der Waals surface area contributed by atoms with E-state index in [1.54, 1.807) is 11.3 Å². The molecule has 0 saturated carbocycles. The van der Waals surface area contributed by atoms with Gasteiger partial charge in [0.15, 0.2) is 0 Å². The summed E-state index contributed by atoms with van der Waals surface area (Å²) < 4.78 is 0. The molecule has 1 aromatic carbocycles. The van der Waals surface area contributed by atoms with E-state index in [1.807, 2.05) is 24.3 Å². The molecule has 0 fully saturated rings. The van der Waals surface area contributed by atoms with Crippen LogP contribution in [0.2, 0.25) is 0 Å². The van der Waals surface area contributed by atoms with Crippen LogP contribution in [0.3, 0.4) is 0 Å². The Morgan fingerprint density at radius 3 is 2.56 bits per heavy atom. The van der Waals surface area contributed by atoms with E-state index in [1.165, 1.54) is 5.56 Å². The zero-order chi connectivity index (χ0) is 11.4. The second kappa shape index (κ2) is 5.09. The van der Waals surface area contributed by atoms with Crippen LogP contribution < -0.4 is 11.1 Å². The number of rotatable bonds is 4. The number of benzene rings is 1. The minimum Gasteiger partial charge on any atom is -0.389 e. The average Bonchev–Trinajstić information content (AvgIpc) is 2.80. The molecule has 3 N–H and O–H groups in total. The maximum Gasteiger partial charge on any atom is 0.103 e. The molecule has 0 bridgehead atoms. The lowest BCUT2D eigenvalue weighted by molar-refractivity contribution is 1.16. The third-order valence-electron chi connectivity index (χ3n) is 2.25. The van der Waals surface area contributed by atoms with E-state index < -0.39 is 0 Å². The highest BCUT2D eigenvalue weighted by molar-refractivity contribution is 7.80. The summed E-state index contributed by atoms with van der Waals surface area (Å²) in [5.41, 5.74) is 8.80. The van der Waals surface area contributed by atoms with Crippen molar-refractivity contribution in [1.29, 1.82) is 0 Å². The standard InChI is InChI=1S/C12H12N2S2/c13-12(15)10-1-3-11(4-2-10)14-7-9-5-6-16-8-9/h1-6,8,14H,7H2,(H2,13,15). The molecule has 0 aliphatic heterocycles. The van der Waals surface area contributed by atoms with E-state index in [-0.39, 0.29) is 0 Å². The van der Waals surface area contributed by atoms with Crippen LogP contribution in [-0.4, -0.2) is 4.99 Å². The Balaban J connectivity index is 1.98. The molecule has 0 radical (unpaired) electrons. The maximum atomic E-state index is 5.53. The van der Waals surface area contributed by atoms with Gasteiger partial charge in [0.2, 0.25) is 0 Å². The van der Waals surface area contributed by atoms with E-state index >= 15 is 0 Å². The Hall–Kier alpha value is -1.39. The van der Waals surface area contributed by atoms with Crippen molar-refractivity contribution in [2.24, 2.45) is 5.73 Å². The topological polar surface area (TPSA) is 38.0 Å². The molecular formula is C12H12N2S2. The Labute approximate surface area is 104 Å². The maximum absolute atomic E-state index is 5.53. The zero-order valence-corrected chi connectivity index (χ0v) is 10.3. The molecule has 2 rings (SSSR count). The largest absolute Gasteiger partial charge is 0.389 e. The van der Waals surface area contributed by atoms with Gasteiger partial charge in [-0.1, -0.05) is 12.2 Å². The van der Waals surface area contributed by atoms with E-state index in [9.17, 15) is 0 Å². The van der Waals surface area contributed by atoms with Gasteiger partial charge in [0, 0.05) is 17.8 Å². The smallest absolute Gasteiger partial charge is 0.103 e. The van der Waals surface area contributed by atoms with Crippen LogP contribution in [0.1, 0.15) is 11.1 Å². The third-order valence-corrected chi connectivity index (χ3v) is 3.21. The van der Waals surface area contributed by atoms with Crippen LogP contribution in [-0.2, 0) is 6.54 Å². The fraction of sp³-hybridized carbons (Fsp3) is 0.0833. The van der Waals surface area contributed by atoms with Crippen molar-refractivity contribution in [3.8, 4) is 0 Å². The molecule has 0 amide bonds. The van der Waals surface area contributed by atoms with Crippen molar-refractivity contribution in [2.75, 3.05) is 5.32 Å². The first kappa shape index (κ1) is 11.1. The van der Waals surface area contributed by atoms with Gasteiger partial charge in [0.25, 0.3) is 0 Å². The van der Waals surface area contributed by atoms with Gasteiger partial charge in [0.1, 0.15) is 4.99 Å². The van der Waals surface area contributed by atoms with Crippen molar-refractivity contribution in [3.63, 3.8) is 0 Å². The van der Waals surface area contributed by atoms with E-state index in [0.717, 1.165) is 17.8 Å². The van der Waals surface area contributed by atoms with Gasteiger partial charge in [0.05, 0.1) is 0 Å². The Morgan fingerprint density at radius 2 is 2.00 bits per heavy atom. The van der Waals surface area contributed by atoms with Crippen molar-refractivity contribution in [1.82, 2.24) is 0 Å². The monoisotopic (exact) mass is 248 g/mol. The second-order valence-corrected chi connectivity index (χ2v) is 4.65. The zero-order valence-electron chi connectivity index (χ0n) is 8.64. The normalized spacial score (nSPS) is 10.0. The molecule has 82 valence electrons.